The third-order valence-electron chi connectivity index (χ3n) is 4.65. The van der Waals surface area contributed by atoms with Crippen LogP contribution in [0.3, 0.4) is 0 Å². The summed E-state index contributed by atoms with van der Waals surface area (Å²) in [6.07, 6.45) is 2.01. The Hall–Kier alpha value is -1.43. The second-order valence-corrected chi connectivity index (χ2v) is 7.62. The zero-order chi connectivity index (χ0) is 17.2. The van der Waals surface area contributed by atoms with E-state index in [1.54, 1.807) is 6.92 Å². The smallest absolute Gasteiger partial charge is 0.243 e. The first-order chi connectivity index (χ1) is 10.7. The highest BCUT2D eigenvalue weighted by atomic mass is 16.5. The number of nitrogens with zero attached hydrogens (tertiary/aromatic N) is 3. The SMILES string of the molecule is CC[C@@H]1CN(C(C)=O)CC[C@@H]1N[C@@H](C)c1nc(C(C)(C)C)no1. The molecule has 23 heavy (non-hydrogen) atoms. The van der Waals surface area contributed by atoms with Gasteiger partial charge in [-0.2, -0.15) is 4.98 Å². The fourth-order valence-electron chi connectivity index (χ4n) is 3.06. The van der Waals surface area contributed by atoms with Gasteiger partial charge in [0.25, 0.3) is 0 Å². The first-order valence-corrected chi connectivity index (χ1v) is 8.58. The first kappa shape index (κ1) is 17.9. The lowest BCUT2D eigenvalue weighted by atomic mass is 9.89. The van der Waals surface area contributed by atoms with Crippen molar-refractivity contribution in [2.24, 2.45) is 5.92 Å². The molecule has 1 aliphatic rings. The zero-order valence-electron chi connectivity index (χ0n) is 15.2. The van der Waals surface area contributed by atoms with Crippen molar-refractivity contribution in [3.8, 4) is 0 Å². The van der Waals surface area contributed by atoms with E-state index in [2.05, 4.69) is 50.1 Å². The van der Waals surface area contributed by atoms with E-state index in [1.807, 2.05) is 4.90 Å². The number of carbonyl (C=O) groups is 1. The summed E-state index contributed by atoms with van der Waals surface area (Å²) in [5.74, 6) is 2.00. The Morgan fingerprint density at radius 1 is 1.48 bits per heavy atom. The largest absolute Gasteiger partial charge is 0.343 e. The average Bonchev–Trinajstić information content (AvgIpc) is 2.97. The van der Waals surface area contributed by atoms with Gasteiger partial charge in [-0.15, -0.1) is 0 Å². The fraction of sp³-hybridized carbons (Fsp3) is 0.824. The fourth-order valence-corrected chi connectivity index (χ4v) is 3.06. The number of aromatic nitrogens is 2. The van der Waals surface area contributed by atoms with Crippen molar-refractivity contribution in [3.05, 3.63) is 11.7 Å². The van der Waals surface area contributed by atoms with Crippen LogP contribution in [-0.2, 0) is 10.2 Å². The summed E-state index contributed by atoms with van der Waals surface area (Å²) in [6.45, 7) is 13.7. The highest BCUT2D eigenvalue weighted by molar-refractivity contribution is 5.73. The minimum absolute atomic E-state index is 0.0153. The molecule has 0 aliphatic carbocycles. The van der Waals surface area contributed by atoms with Gasteiger partial charge in [-0.25, -0.2) is 0 Å². The Bertz CT molecular complexity index is 535. The Labute approximate surface area is 139 Å². The Kier molecular flexibility index (Phi) is 5.45. The molecular formula is C17H30N4O2. The number of nitrogens with one attached hydrogen (secondary N) is 1. The van der Waals surface area contributed by atoms with E-state index in [9.17, 15) is 4.79 Å². The van der Waals surface area contributed by atoms with Gasteiger partial charge in [0.05, 0.1) is 6.04 Å². The van der Waals surface area contributed by atoms with Crippen LogP contribution >= 0.6 is 0 Å². The maximum absolute atomic E-state index is 11.6. The predicted octanol–water partition coefficient (Wildman–Crippen LogP) is 2.66. The Morgan fingerprint density at radius 3 is 2.70 bits per heavy atom. The molecule has 130 valence electrons. The van der Waals surface area contributed by atoms with Crippen LogP contribution in [0.15, 0.2) is 4.52 Å². The summed E-state index contributed by atoms with van der Waals surface area (Å²) >= 11 is 0. The van der Waals surface area contributed by atoms with Crippen LogP contribution in [0.1, 0.15) is 72.1 Å². The van der Waals surface area contributed by atoms with E-state index in [1.165, 1.54) is 0 Å². The third-order valence-corrected chi connectivity index (χ3v) is 4.65. The lowest BCUT2D eigenvalue weighted by Gasteiger charge is -2.39. The van der Waals surface area contributed by atoms with Crippen molar-refractivity contribution in [2.45, 2.75) is 71.9 Å². The van der Waals surface area contributed by atoms with Gasteiger partial charge in [-0.3, -0.25) is 4.79 Å². The number of hydrogen-bond acceptors (Lipinski definition) is 5. The van der Waals surface area contributed by atoms with Gasteiger partial charge in [-0.1, -0.05) is 39.3 Å². The second-order valence-electron chi connectivity index (χ2n) is 7.62. The van der Waals surface area contributed by atoms with Crippen molar-refractivity contribution in [3.63, 3.8) is 0 Å². The molecule has 6 heteroatoms. The van der Waals surface area contributed by atoms with Crippen molar-refractivity contribution < 1.29 is 9.32 Å². The topological polar surface area (TPSA) is 71.3 Å². The van der Waals surface area contributed by atoms with Crippen molar-refractivity contribution >= 4 is 5.91 Å². The number of piperidine rings is 1. The molecule has 2 heterocycles. The number of likely N-dealkylation sites (tertiary alicyclic amines) is 1. The summed E-state index contributed by atoms with van der Waals surface area (Å²) < 4.78 is 5.43. The molecule has 1 fully saturated rings. The number of carbonyl (C=O) groups excluding carboxylic acids is 1. The molecule has 1 aromatic rings. The van der Waals surface area contributed by atoms with E-state index < -0.39 is 0 Å². The molecule has 1 amide bonds. The molecule has 1 aliphatic heterocycles. The van der Waals surface area contributed by atoms with Crippen molar-refractivity contribution in [1.82, 2.24) is 20.4 Å². The molecule has 2 rings (SSSR count). The number of hydrogen-bond donors (Lipinski definition) is 1. The second kappa shape index (κ2) is 6.99. The van der Waals surface area contributed by atoms with Gasteiger partial charge in [0.15, 0.2) is 5.82 Å². The van der Waals surface area contributed by atoms with Gasteiger partial charge in [0.2, 0.25) is 11.8 Å². The van der Waals surface area contributed by atoms with E-state index in [-0.39, 0.29) is 17.4 Å². The Morgan fingerprint density at radius 2 is 2.17 bits per heavy atom. The summed E-state index contributed by atoms with van der Waals surface area (Å²) in [6, 6.07) is 0.386. The number of amides is 1. The monoisotopic (exact) mass is 322 g/mol. The highest BCUT2D eigenvalue weighted by Gasteiger charge is 2.31. The molecule has 1 saturated heterocycles. The van der Waals surface area contributed by atoms with Gasteiger partial charge in [0.1, 0.15) is 0 Å². The minimum atomic E-state index is -0.111. The lowest BCUT2D eigenvalue weighted by molar-refractivity contribution is -0.131. The normalized spacial score (nSPS) is 23.8. The zero-order valence-corrected chi connectivity index (χ0v) is 15.2. The lowest BCUT2D eigenvalue weighted by Crippen LogP contribution is -2.50. The molecule has 0 radical (unpaired) electrons. The summed E-state index contributed by atoms with van der Waals surface area (Å²) in [5.41, 5.74) is -0.111. The molecule has 1 N–H and O–H groups in total. The molecule has 1 aromatic heterocycles. The maximum atomic E-state index is 11.6. The van der Waals surface area contributed by atoms with E-state index in [0.29, 0.717) is 17.9 Å². The van der Waals surface area contributed by atoms with Gasteiger partial charge in [-0.05, 0) is 19.3 Å². The first-order valence-electron chi connectivity index (χ1n) is 8.58. The Balaban J connectivity index is 2.00. The standard InChI is InChI=1S/C17H30N4O2/c1-7-13-10-21(12(3)22)9-8-14(13)18-11(2)15-19-16(20-23-15)17(4,5)6/h11,13-14,18H,7-10H2,1-6H3/t11-,13+,14-/m0/s1. The van der Waals surface area contributed by atoms with Gasteiger partial charge >= 0.3 is 0 Å². The minimum Gasteiger partial charge on any atom is -0.343 e. The molecule has 3 atom stereocenters. The molecule has 0 bridgehead atoms. The number of rotatable bonds is 4. The van der Waals surface area contributed by atoms with Crippen molar-refractivity contribution in [2.75, 3.05) is 13.1 Å². The summed E-state index contributed by atoms with van der Waals surface area (Å²) in [4.78, 5) is 18.1. The van der Waals surface area contributed by atoms with E-state index >= 15 is 0 Å². The van der Waals surface area contributed by atoms with Crippen LogP contribution in [0.25, 0.3) is 0 Å². The molecular weight excluding hydrogens is 292 g/mol. The summed E-state index contributed by atoms with van der Waals surface area (Å²) in [5, 5.41) is 7.72. The van der Waals surface area contributed by atoms with Gasteiger partial charge in [0, 0.05) is 31.5 Å². The third kappa shape index (κ3) is 4.31. The van der Waals surface area contributed by atoms with E-state index in [0.717, 1.165) is 31.8 Å². The van der Waals surface area contributed by atoms with E-state index in [4.69, 9.17) is 4.52 Å². The van der Waals surface area contributed by atoms with Crippen molar-refractivity contribution in [1.29, 1.82) is 0 Å². The molecule has 6 nitrogen and oxygen atoms in total. The molecule has 0 unspecified atom stereocenters. The summed E-state index contributed by atoms with van der Waals surface area (Å²) in [7, 11) is 0. The van der Waals surface area contributed by atoms with Crippen LogP contribution in [0.2, 0.25) is 0 Å². The van der Waals surface area contributed by atoms with Crippen LogP contribution in [0.5, 0.6) is 0 Å². The van der Waals surface area contributed by atoms with Crippen LogP contribution in [0.4, 0.5) is 0 Å². The molecule has 0 spiro atoms. The predicted molar refractivity (Wildman–Crippen MR) is 89.0 cm³/mol. The average molecular weight is 322 g/mol. The highest BCUT2D eigenvalue weighted by Crippen LogP contribution is 2.25. The quantitative estimate of drug-likeness (QED) is 0.923. The van der Waals surface area contributed by atoms with Crippen LogP contribution in [-0.4, -0.2) is 40.1 Å². The van der Waals surface area contributed by atoms with Crippen LogP contribution in [0, 0.1) is 5.92 Å². The van der Waals surface area contributed by atoms with Crippen LogP contribution < -0.4 is 5.32 Å². The molecule has 0 saturated carbocycles. The molecule has 0 aromatic carbocycles. The van der Waals surface area contributed by atoms with Gasteiger partial charge < -0.3 is 14.7 Å². The maximum Gasteiger partial charge on any atom is 0.243 e.